The van der Waals surface area contributed by atoms with E-state index in [9.17, 15) is 0 Å². The number of hydrogen-bond donors (Lipinski definition) is 2. The Balaban J connectivity index is 1.87. The van der Waals surface area contributed by atoms with Gasteiger partial charge in [-0.2, -0.15) is 4.98 Å². The summed E-state index contributed by atoms with van der Waals surface area (Å²) in [4.78, 5) is 11.6. The average molecular weight is 374 g/mol. The number of hydrogen-bond acceptors (Lipinski definition) is 5. The molecule has 3 aromatic rings. The second-order valence-corrected chi connectivity index (χ2v) is 6.34. The molecule has 0 amide bonds. The molecule has 0 saturated carbocycles. The quantitative estimate of drug-likeness (QED) is 0.496. The number of benzene rings is 2. The normalized spacial score (nSPS) is 10.4. The first kappa shape index (κ1) is 19.4. The van der Waals surface area contributed by atoms with E-state index in [1.165, 1.54) is 5.69 Å². The van der Waals surface area contributed by atoms with Gasteiger partial charge in [0.25, 0.3) is 0 Å². The van der Waals surface area contributed by atoms with Gasteiger partial charge in [0.05, 0.1) is 5.69 Å². The van der Waals surface area contributed by atoms with Gasteiger partial charge in [-0.3, -0.25) is 0 Å². The lowest BCUT2D eigenvalue weighted by atomic mass is 10.1. The van der Waals surface area contributed by atoms with Crippen molar-refractivity contribution in [3.05, 3.63) is 73.3 Å². The van der Waals surface area contributed by atoms with E-state index < -0.39 is 0 Å². The zero-order valence-electron chi connectivity index (χ0n) is 16.5. The van der Waals surface area contributed by atoms with Crippen LogP contribution in [0.4, 0.5) is 23.1 Å². The molecule has 1 heterocycles. The molecular weight excluding hydrogens is 346 g/mol. The highest BCUT2D eigenvalue weighted by atomic mass is 15.1. The number of rotatable bonds is 9. The van der Waals surface area contributed by atoms with Crippen molar-refractivity contribution in [2.45, 2.75) is 13.8 Å². The summed E-state index contributed by atoms with van der Waals surface area (Å²) in [5.41, 5.74) is 4.08. The SMILES string of the molecule is C=CCNc1cc(-c2ccccc2)nc(Nc2ccc(N(CC)CC)cc2)n1. The molecule has 0 spiro atoms. The molecule has 0 aliphatic carbocycles. The number of nitrogens with zero attached hydrogens (tertiary/aromatic N) is 3. The van der Waals surface area contributed by atoms with Crippen LogP contribution >= 0.6 is 0 Å². The predicted molar refractivity (Wildman–Crippen MR) is 119 cm³/mol. The Morgan fingerprint density at radius 2 is 1.68 bits per heavy atom. The van der Waals surface area contributed by atoms with Gasteiger partial charge in [0.15, 0.2) is 0 Å². The van der Waals surface area contributed by atoms with Gasteiger partial charge >= 0.3 is 0 Å². The zero-order valence-corrected chi connectivity index (χ0v) is 16.5. The van der Waals surface area contributed by atoms with Crippen molar-refractivity contribution in [1.29, 1.82) is 0 Å². The smallest absolute Gasteiger partial charge is 0.229 e. The molecule has 144 valence electrons. The van der Waals surface area contributed by atoms with Crippen LogP contribution in [0.25, 0.3) is 11.3 Å². The number of anilines is 4. The van der Waals surface area contributed by atoms with Gasteiger partial charge in [-0.05, 0) is 38.1 Å². The van der Waals surface area contributed by atoms with E-state index >= 15 is 0 Å². The summed E-state index contributed by atoms with van der Waals surface area (Å²) in [5.74, 6) is 1.32. The van der Waals surface area contributed by atoms with Crippen LogP contribution in [0.3, 0.4) is 0 Å². The molecule has 5 nitrogen and oxygen atoms in total. The molecule has 28 heavy (non-hydrogen) atoms. The summed E-state index contributed by atoms with van der Waals surface area (Å²) in [6, 6.07) is 20.4. The Hall–Kier alpha value is -3.34. The minimum Gasteiger partial charge on any atom is -0.372 e. The maximum absolute atomic E-state index is 4.70. The van der Waals surface area contributed by atoms with E-state index in [2.05, 4.69) is 65.2 Å². The van der Waals surface area contributed by atoms with Crippen LogP contribution in [0.5, 0.6) is 0 Å². The zero-order chi connectivity index (χ0) is 19.8. The highest BCUT2D eigenvalue weighted by Crippen LogP contribution is 2.24. The van der Waals surface area contributed by atoms with Crippen molar-refractivity contribution < 1.29 is 0 Å². The molecule has 0 saturated heterocycles. The van der Waals surface area contributed by atoms with Crippen LogP contribution in [0.1, 0.15) is 13.8 Å². The Morgan fingerprint density at radius 1 is 0.964 bits per heavy atom. The lowest BCUT2D eigenvalue weighted by Gasteiger charge is -2.21. The van der Waals surface area contributed by atoms with Gasteiger partial charge in [0.2, 0.25) is 5.95 Å². The molecule has 3 rings (SSSR count). The molecule has 2 aromatic carbocycles. The minimum atomic E-state index is 0.559. The molecule has 5 heteroatoms. The molecule has 0 bridgehead atoms. The molecule has 2 N–H and O–H groups in total. The lowest BCUT2D eigenvalue weighted by molar-refractivity contribution is 0.866. The van der Waals surface area contributed by atoms with Crippen molar-refractivity contribution in [3.63, 3.8) is 0 Å². The molecule has 0 atom stereocenters. The lowest BCUT2D eigenvalue weighted by Crippen LogP contribution is -2.21. The first-order chi connectivity index (χ1) is 13.7. The first-order valence-corrected chi connectivity index (χ1v) is 9.64. The molecule has 0 radical (unpaired) electrons. The Labute approximate surface area is 167 Å². The predicted octanol–water partition coefficient (Wildman–Crippen LogP) is 5.33. The maximum Gasteiger partial charge on any atom is 0.229 e. The van der Waals surface area contributed by atoms with Crippen molar-refractivity contribution >= 4 is 23.1 Å². The fourth-order valence-electron chi connectivity index (χ4n) is 3.00. The van der Waals surface area contributed by atoms with Crippen molar-refractivity contribution in [1.82, 2.24) is 9.97 Å². The third-order valence-corrected chi connectivity index (χ3v) is 4.48. The van der Waals surface area contributed by atoms with E-state index in [1.54, 1.807) is 0 Å². The second-order valence-electron chi connectivity index (χ2n) is 6.34. The Bertz CT molecular complexity index is 887. The minimum absolute atomic E-state index is 0.559. The summed E-state index contributed by atoms with van der Waals surface area (Å²) in [6.45, 7) is 10.7. The Morgan fingerprint density at radius 3 is 2.32 bits per heavy atom. The molecule has 0 aliphatic heterocycles. The monoisotopic (exact) mass is 373 g/mol. The molecule has 0 fully saturated rings. The molecule has 1 aromatic heterocycles. The third kappa shape index (κ3) is 4.88. The average Bonchev–Trinajstić information content (AvgIpc) is 2.75. The van der Waals surface area contributed by atoms with E-state index in [1.807, 2.05) is 42.5 Å². The molecular formula is C23H27N5. The summed E-state index contributed by atoms with van der Waals surface area (Å²) in [6.07, 6.45) is 1.81. The fourth-order valence-corrected chi connectivity index (χ4v) is 3.00. The number of nitrogens with one attached hydrogen (secondary N) is 2. The van der Waals surface area contributed by atoms with Gasteiger partial charge in [0, 0.05) is 42.6 Å². The van der Waals surface area contributed by atoms with Crippen molar-refractivity contribution in [3.8, 4) is 11.3 Å². The van der Waals surface area contributed by atoms with Crippen LogP contribution in [0, 0.1) is 0 Å². The Kier molecular flexibility index (Phi) is 6.63. The summed E-state index contributed by atoms with van der Waals surface area (Å²) >= 11 is 0. The van der Waals surface area contributed by atoms with E-state index in [4.69, 9.17) is 4.98 Å². The van der Waals surface area contributed by atoms with Gasteiger partial charge < -0.3 is 15.5 Å². The summed E-state index contributed by atoms with van der Waals surface area (Å²) < 4.78 is 0. The highest BCUT2D eigenvalue weighted by molar-refractivity contribution is 5.67. The van der Waals surface area contributed by atoms with Gasteiger partial charge in [0.1, 0.15) is 5.82 Å². The molecule has 0 unspecified atom stereocenters. The van der Waals surface area contributed by atoms with E-state index in [-0.39, 0.29) is 0 Å². The van der Waals surface area contributed by atoms with Crippen LogP contribution in [0.15, 0.2) is 73.3 Å². The van der Waals surface area contributed by atoms with Gasteiger partial charge in [-0.1, -0.05) is 36.4 Å². The van der Waals surface area contributed by atoms with Gasteiger partial charge in [-0.25, -0.2) is 4.98 Å². The summed E-state index contributed by atoms with van der Waals surface area (Å²) in [7, 11) is 0. The van der Waals surface area contributed by atoms with Crippen LogP contribution in [0.2, 0.25) is 0 Å². The van der Waals surface area contributed by atoms with Gasteiger partial charge in [-0.15, -0.1) is 6.58 Å². The van der Waals surface area contributed by atoms with E-state index in [0.717, 1.165) is 35.9 Å². The van der Waals surface area contributed by atoms with Crippen molar-refractivity contribution in [2.24, 2.45) is 0 Å². The molecule has 0 aliphatic rings. The standard InChI is InChI=1S/C23H27N5/c1-4-16-24-22-17-21(18-10-8-7-9-11-18)26-23(27-22)25-19-12-14-20(15-13-19)28(5-2)6-3/h4,7-15,17H,1,5-6,16H2,2-3H3,(H2,24,25,26,27). The number of aromatic nitrogens is 2. The summed E-state index contributed by atoms with van der Waals surface area (Å²) in [5, 5.41) is 6.58. The van der Waals surface area contributed by atoms with Crippen LogP contribution < -0.4 is 15.5 Å². The highest BCUT2D eigenvalue weighted by Gasteiger charge is 2.08. The van der Waals surface area contributed by atoms with Crippen molar-refractivity contribution in [2.75, 3.05) is 35.2 Å². The third-order valence-electron chi connectivity index (χ3n) is 4.48. The first-order valence-electron chi connectivity index (χ1n) is 9.64. The largest absolute Gasteiger partial charge is 0.372 e. The fraction of sp³-hybridized carbons (Fsp3) is 0.217. The van der Waals surface area contributed by atoms with E-state index in [0.29, 0.717) is 12.5 Å². The maximum atomic E-state index is 4.70. The van der Waals surface area contributed by atoms with Crippen LogP contribution in [-0.4, -0.2) is 29.6 Å². The van der Waals surface area contributed by atoms with Crippen LogP contribution in [-0.2, 0) is 0 Å². The topological polar surface area (TPSA) is 53.1 Å². The second kappa shape index (κ2) is 9.55.